The molecule has 6 nitrogen and oxygen atoms in total. The first-order chi connectivity index (χ1) is 31.0. The maximum absolute atomic E-state index is 9.93. The highest BCUT2D eigenvalue weighted by molar-refractivity contribution is 6.29. The Hall–Kier alpha value is -8.58. The quantitative estimate of drug-likeness (QED) is 0.149. The van der Waals surface area contributed by atoms with Crippen LogP contribution in [0.4, 0.5) is 34.1 Å². The first-order valence-corrected chi connectivity index (χ1v) is 21.1. The number of para-hydroxylation sites is 4. The van der Waals surface area contributed by atoms with Gasteiger partial charge in [-0.2, -0.15) is 10.5 Å². The molecule has 0 aliphatic carbocycles. The molecule has 0 N–H and O–H groups in total. The van der Waals surface area contributed by atoms with Crippen LogP contribution in [0.1, 0.15) is 36.5 Å². The van der Waals surface area contributed by atoms with Gasteiger partial charge in [-0.15, -0.1) is 0 Å². The minimum atomic E-state index is 0.352. The van der Waals surface area contributed by atoms with Crippen molar-refractivity contribution in [2.75, 3.05) is 9.80 Å². The van der Waals surface area contributed by atoms with Gasteiger partial charge in [0, 0.05) is 49.1 Å². The van der Waals surface area contributed by atoms with Crippen LogP contribution in [-0.4, -0.2) is 0 Å². The zero-order chi connectivity index (χ0) is 42.3. The number of nitrogens with zero attached hydrogens (tertiary/aromatic N) is 4. The van der Waals surface area contributed by atoms with Gasteiger partial charge in [-0.25, -0.2) is 0 Å². The summed E-state index contributed by atoms with van der Waals surface area (Å²) in [4.78, 5) is 4.55. The van der Waals surface area contributed by atoms with Crippen molar-refractivity contribution in [2.24, 2.45) is 0 Å². The van der Waals surface area contributed by atoms with Crippen LogP contribution < -0.4 is 9.80 Å². The third-order valence-electron chi connectivity index (χ3n) is 12.6. The van der Waals surface area contributed by atoms with Crippen molar-refractivity contribution >= 4 is 110 Å². The number of rotatable bonds is 7. The van der Waals surface area contributed by atoms with Crippen molar-refractivity contribution in [1.29, 1.82) is 10.5 Å². The molecule has 0 aliphatic heterocycles. The van der Waals surface area contributed by atoms with Crippen molar-refractivity contribution in [1.82, 2.24) is 0 Å². The summed E-state index contributed by atoms with van der Waals surface area (Å²) in [5.41, 5.74) is 10.9. The van der Waals surface area contributed by atoms with Gasteiger partial charge < -0.3 is 18.6 Å². The van der Waals surface area contributed by atoms with Crippen LogP contribution in [-0.2, 0) is 0 Å². The van der Waals surface area contributed by atoms with Crippen LogP contribution in [0.2, 0.25) is 0 Å². The Morgan fingerprint density at radius 3 is 1.30 bits per heavy atom. The molecule has 0 aliphatic rings. The lowest BCUT2D eigenvalue weighted by Crippen LogP contribution is -2.15. The fraction of sp³-hybridized carbons (Fsp3) is 0.0526. The van der Waals surface area contributed by atoms with E-state index in [2.05, 4.69) is 127 Å². The predicted molar refractivity (Wildman–Crippen MR) is 258 cm³/mol. The standard InChI is InChI=1S/C57H36N4O2/c1-34(2)39-29-37-21-27-46-50(60(40-23-17-35(32-58)18-24-40)48-13-7-11-44-42-9-3-5-15-52(42)62-56(44)48)31-51(47-28-22-38(30-39)54(37)55(46)47)61(41-25-19-36(33-59)20-26-41)49-14-8-12-45-43-10-4-6-16-53(43)63-57(45)49/h3-31,34H,1-2H3. The van der Waals surface area contributed by atoms with E-state index in [0.717, 1.165) is 94.2 Å². The van der Waals surface area contributed by atoms with Gasteiger partial charge in [0.05, 0.1) is 46.0 Å². The number of nitriles is 2. The smallest absolute Gasteiger partial charge is 0.159 e. The summed E-state index contributed by atoms with van der Waals surface area (Å²) in [6, 6.07) is 65.1. The van der Waals surface area contributed by atoms with E-state index in [9.17, 15) is 10.5 Å². The number of fused-ring (bicyclic) bond motifs is 6. The molecule has 0 radical (unpaired) electrons. The summed E-state index contributed by atoms with van der Waals surface area (Å²) in [7, 11) is 0. The topological polar surface area (TPSA) is 80.3 Å². The number of anilines is 6. The zero-order valence-electron chi connectivity index (χ0n) is 34.4. The van der Waals surface area contributed by atoms with E-state index >= 15 is 0 Å². The molecule has 10 aromatic carbocycles. The van der Waals surface area contributed by atoms with E-state index in [1.807, 2.05) is 84.9 Å². The molecular formula is C57H36N4O2. The van der Waals surface area contributed by atoms with E-state index in [0.29, 0.717) is 17.0 Å². The lowest BCUT2D eigenvalue weighted by Gasteiger charge is -2.32. The van der Waals surface area contributed by atoms with Crippen LogP contribution >= 0.6 is 0 Å². The predicted octanol–water partition coefficient (Wildman–Crippen LogP) is 16.2. The van der Waals surface area contributed by atoms with Crippen LogP contribution in [0.3, 0.4) is 0 Å². The Labute approximate surface area is 362 Å². The highest BCUT2D eigenvalue weighted by Gasteiger charge is 2.28. The minimum absolute atomic E-state index is 0.352. The van der Waals surface area contributed by atoms with E-state index in [1.165, 1.54) is 21.7 Å². The van der Waals surface area contributed by atoms with Gasteiger partial charge in [-0.3, -0.25) is 0 Å². The lowest BCUT2D eigenvalue weighted by molar-refractivity contribution is 0.669. The molecule has 0 unspecified atom stereocenters. The molecule has 0 saturated heterocycles. The molecule has 0 atom stereocenters. The average molecular weight is 809 g/mol. The molecule has 6 heteroatoms. The second-order valence-corrected chi connectivity index (χ2v) is 16.5. The van der Waals surface area contributed by atoms with E-state index in [1.54, 1.807) is 0 Å². The molecule has 0 amide bonds. The maximum atomic E-state index is 9.93. The third-order valence-corrected chi connectivity index (χ3v) is 12.6. The van der Waals surface area contributed by atoms with Gasteiger partial charge in [-0.1, -0.05) is 111 Å². The van der Waals surface area contributed by atoms with E-state index in [4.69, 9.17) is 8.83 Å². The lowest BCUT2D eigenvalue weighted by atomic mass is 9.88. The Morgan fingerprint density at radius 1 is 0.413 bits per heavy atom. The third kappa shape index (κ3) is 5.56. The summed E-state index contributed by atoms with van der Waals surface area (Å²) in [5, 5.41) is 30.7. The molecule has 0 fully saturated rings. The van der Waals surface area contributed by atoms with Gasteiger partial charge in [0.25, 0.3) is 0 Å². The molecule has 12 rings (SSSR count). The highest BCUT2D eigenvalue weighted by atomic mass is 16.3. The molecular weight excluding hydrogens is 773 g/mol. The molecule has 0 spiro atoms. The maximum Gasteiger partial charge on any atom is 0.159 e. The Balaban J connectivity index is 1.25. The van der Waals surface area contributed by atoms with Gasteiger partial charge in [0.2, 0.25) is 0 Å². The second kappa shape index (κ2) is 14.0. The van der Waals surface area contributed by atoms with Crippen molar-refractivity contribution in [3.8, 4) is 12.1 Å². The monoisotopic (exact) mass is 808 g/mol. The van der Waals surface area contributed by atoms with E-state index in [-0.39, 0.29) is 0 Å². The van der Waals surface area contributed by atoms with Gasteiger partial charge in [0.15, 0.2) is 11.2 Å². The van der Waals surface area contributed by atoms with Crippen molar-refractivity contribution in [2.45, 2.75) is 19.8 Å². The van der Waals surface area contributed by atoms with Crippen molar-refractivity contribution in [3.63, 3.8) is 0 Å². The number of hydrogen-bond donors (Lipinski definition) is 0. The first kappa shape index (κ1) is 36.3. The summed E-state index contributed by atoms with van der Waals surface area (Å²) in [6.45, 7) is 4.48. The number of benzene rings is 10. The number of hydrogen-bond acceptors (Lipinski definition) is 6. The second-order valence-electron chi connectivity index (χ2n) is 16.5. The fourth-order valence-corrected chi connectivity index (χ4v) is 9.61. The highest BCUT2D eigenvalue weighted by Crippen LogP contribution is 2.53. The normalized spacial score (nSPS) is 11.8. The molecule has 2 heterocycles. The van der Waals surface area contributed by atoms with Gasteiger partial charge in [0.1, 0.15) is 11.2 Å². The van der Waals surface area contributed by atoms with Crippen molar-refractivity contribution in [3.05, 3.63) is 193 Å². The minimum Gasteiger partial charge on any atom is -0.454 e. The van der Waals surface area contributed by atoms with Crippen LogP contribution in [0, 0.1) is 22.7 Å². The van der Waals surface area contributed by atoms with Crippen molar-refractivity contribution < 1.29 is 8.83 Å². The SMILES string of the molecule is CC(C)c1cc2ccc3c(N(c4ccc(C#N)cc4)c4cccc5c4oc4ccccc45)cc(N(c4ccc(C#N)cc4)c4cccc5c4oc4ccccc45)c4ccc(c1)c2c34. The Bertz CT molecular complexity index is 3620. The summed E-state index contributed by atoms with van der Waals surface area (Å²) >= 11 is 0. The van der Waals surface area contributed by atoms with Crippen LogP contribution in [0.25, 0.3) is 76.2 Å². The Kier molecular flexibility index (Phi) is 8.06. The van der Waals surface area contributed by atoms with Crippen LogP contribution in [0.15, 0.2) is 185 Å². The molecule has 12 aromatic rings. The number of furan rings is 2. The molecule has 2 aromatic heterocycles. The average Bonchev–Trinajstić information content (AvgIpc) is 3.91. The molecule has 0 saturated carbocycles. The summed E-state index contributed by atoms with van der Waals surface area (Å²) in [6.07, 6.45) is 0. The van der Waals surface area contributed by atoms with Crippen LogP contribution in [0.5, 0.6) is 0 Å². The first-order valence-electron chi connectivity index (χ1n) is 21.1. The molecule has 63 heavy (non-hydrogen) atoms. The van der Waals surface area contributed by atoms with Gasteiger partial charge >= 0.3 is 0 Å². The molecule has 296 valence electrons. The molecule has 0 bridgehead atoms. The zero-order valence-corrected chi connectivity index (χ0v) is 34.4. The summed E-state index contributed by atoms with van der Waals surface area (Å²) in [5.74, 6) is 0.352. The largest absolute Gasteiger partial charge is 0.454 e. The summed E-state index contributed by atoms with van der Waals surface area (Å²) < 4.78 is 13.6. The van der Waals surface area contributed by atoms with Gasteiger partial charge in [-0.05, 0) is 107 Å². The Morgan fingerprint density at radius 2 is 0.857 bits per heavy atom. The van der Waals surface area contributed by atoms with E-state index < -0.39 is 0 Å². The fourth-order valence-electron chi connectivity index (χ4n) is 9.61.